The zero-order chi connectivity index (χ0) is 13.8. The smallest absolute Gasteiger partial charge is 0.224 e. The van der Waals surface area contributed by atoms with Crippen LogP contribution in [0, 0.1) is 11.8 Å². The van der Waals surface area contributed by atoms with Crippen LogP contribution < -0.4 is 15.5 Å². The third-order valence-corrected chi connectivity index (χ3v) is 3.77. The average Bonchev–Trinajstić information content (AvgIpc) is 2.83. The van der Waals surface area contributed by atoms with Gasteiger partial charge in [0, 0.05) is 32.9 Å². The number of amides is 1. The molecule has 4 nitrogen and oxygen atoms in total. The highest BCUT2D eigenvalue weighted by atomic mass is 16.1. The Balaban J connectivity index is 1.86. The molecule has 1 aromatic rings. The van der Waals surface area contributed by atoms with Gasteiger partial charge in [-0.25, -0.2) is 0 Å². The summed E-state index contributed by atoms with van der Waals surface area (Å²) >= 11 is 0. The van der Waals surface area contributed by atoms with Crippen LogP contribution in [0.15, 0.2) is 24.3 Å². The molecule has 1 aliphatic rings. The maximum atomic E-state index is 12.0. The Bertz CT molecular complexity index is 428. The summed E-state index contributed by atoms with van der Waals surface area (Å²) in [5.41, 5.74) is 2.31. The molecule has 0 unspecified atom stereocenters. The van der Waals surface area contributed by atoms with Crippen molar-refractivity contribution in [1.29, 1.82) is 0 Å². The van der Waals surface area contributed by atoms with Crippen molar-refractivity contribution in [3.63, 3.8) is 0 Å². The van der Waals surface area contributed by atoms with Crippen molar-refractivity contribution in [3.8, 4) is 0 Å². The van der Waals surface area contributed by atoms with E-state index in [-0.39, 0.29) is 11.8 Å². The number of carbonyl (C=O) groups excluding carboxylic acids is 1. The van der Waals surface area contributed by atoms with Crippen LogP contribution in [0.2, 0.25) is 0 Å². The SMILES string of the molecule is C[C@@H]1CNC[C@H]1C(=O)NCc1ccc(N(C)C)cc1. The lowest BCUT2D eigenvalue weighted by molar-refractivity contribution is -0.125. The molecule has 1 heterocycles. The molecule has 4 heteroatoms. The number of rotatable bonds is 4. The van der Waals surface area contributed by atoms with Gasteiger partial charge in [0.2, 0.25) is 5.91 Å². The highest BCUT2D eigenvalue weighted by Gasteiger charge is 2.29. The quantitative estimate of drug-likeness (QED) is 0.856. The molecule has 0 radical (unpaired) electrons. The number of hydrogen-bond acceptors (Lipinski definition) is 3. The van der Waals surface area contributed by atoms with Gasteiger partial charge in [-0.05, 0) is 30.2 Å². The van der Waals surface area contributed by atoms with Gasteiger partial charge in [0.1, 0.15) is 0 Å². The first-order chi connectivity index (χ1) is 9.08. The normalized spacial score (nSPS) is 22.3. The summed E-state index contributed by atoms with van der Waals surface area (Å²) in [7, 11) is 4.04. The molecule has 19 heavy (non-hydrogen) atoms. The second-order valence-electron chi connectivity index (χ2n) is 5.52. The van der Waals surface area contributed by atoms with Crippen LogP contribution in [0.1, 0.15) is 12.5 Å². The summed E-state index contributed by atoms with van der Waals surface area (Å²) in [6.45, 7) is 4.47. The molecule has 1 saturated heterocycles. The van der Waals surface area contributed by atoms with Crippen LogP contribution in [0.25, 0.3) is 0 Å². The van der Waals surface area contributed by atoms with Gasteiger partial charge in [0.15, 0.2) is 0 Å². The molecule has 2 rings (SSSR count). The van der Waals surface area contributed by atoms with Crippen LogP contribution in [0.4, 0.5) is 5.69 Å². The molecule has 1 fully saturated rings. The highest BCUT2D eigenvalue weighted by molar-refractivity contribution is 5.79. The van der Waals surface area contributed by atoms with Gasteiger partial charge in [-0.2, -0.15) is 0 Å². The van der Waals surface area contributed by atoms with Crippen LogP contribution >= 0.6 is 0 Å². The van der Waals surface area contributed by atoms with E-state index < -0.39 is 0 Å². The molecule has 0 spiro atoms. The van der Waals surface area contributed by atoms with Gasteiger partial charge in [-0.15, -0.1) is 0 Å². The monoisotopic (exact) mass is 261 g/mol. The number of anilines is 1. The molecule has 104 valence electrons. The summed E-state index contributed by atoms with van der Waals surface area (Å²) < 4.78 is 0. The molecular formula is C15H23N3O. The summed E-state index contributed by atoms with van der Waals surface area (Å²) in [5.74, 6) is 0.700. The third-order valence-electron chi connectivity index (χ3n) is 3.77. The maximum Gasteiger partial charge on any atom is 0.224 e. The Morgan fingerprint density at radius 3 is 2.53 bits per heavy atom. The van der Waals surface area contributed by atoms with Crippen LogP contribution in [0.5, 0.6) is 0 Å². The van der Waals surface area contributed by atoms with Gasteiger partial charge in [0.05, 0.1) is 5.92 Å². The molecule has 1 aromatic carbocycles. The van der Waals surface area contributed by atoms with E-state index in [2.05, 4.69) is 46.7 Å². The number of nitrogens with one attached hydrogen (secondary N) is 2. The Labute approximate surface area is 115 Å². The second kappa shape index (κ2) is 6.06. The average molecular weight is 261 g/mol. The predicted octanol–water partition coefficient (Wildman–Crippen LogP) is 1.22. The summed E-state index contributed by atoms with van der Waals surface area (Å²) in [4.78, 5) is 14.1. The molecule has 1 amide bonds. The van der Waals surface area contributed by atoms with Crippen LogP contribution in [-0.4, -0.2) is 33.1 Å². The first-order valence-electron chi connectivity index (χ1n) is 6.82. The summed E-state index contributed by atoms with van der Waals surface area (Å²) in [6.07, 6.45) is 0. The number of nitrogens with zero attached hydrogens (tertiary/aromatic N) is 1. The Kier molecular flexibility index (Phi) is 4.43. The van der Waals surface area contributed by atoms with E-state index >= 15 is 0 Å². The lowest BCUT2D eigenvalue weighted by atomic mass is 9.97. The number of hydrogen-bond donors (Lipinski definition) is 2. The topological polar surface area (TPSA) is 44.4 Å². The van der Waals surface area contributed by atoms with Gasteiger partial charge < -0.3 is 15.5 Å². The van der Waals surface area contributed by atoms with E-state index in [1.54, 1.807) is 0 Å². The van der Waals surface area contributed by atoms with Gasteiger partial charge in [0.25, 0.3) is 0 Å². The largest absolute Gasteiger partial charge is 0.378 e. The molecule has 0 aromatic heterocycles. The summed E-state index contributed by atoms with van der Waals surface area (Å²) in [5, 5.41) is 6.28. The number of benzene rings is 1. The van der Waals surface area contributed by atoms with Crippen molar-refractivity contribution in [1.82, 2.24) is 10.6 Å². The zero-order valence-electron chi connectivity index (χ0n) is 11.9. The van der Waals surface area contributed by atoms with E-state index in [4.69, 9.17) is 0 Å². The molecular weight excluding hydrogens is 238 g/mol. The fourth-order valence-corrected chi connectivity index (χ4v) is 2.39. The third kappa shape index (κ3) is 3.47. The van der Waals surface area contributed by atoms with Crippen molar-refractivity contribution < 1.29 is 4.79 Å². The lowest BCUT2D eigenvalue weighted by Gasteiger charge is -2.15. The van der Waals surface area contributed by atoms with Crippen molar-refractivity contribution in [2.24, 2.45) is 11.8 Å². The fraction of sp³-hybridized carbons (Fsp3) is 0.533. The highest BCUT2D eigenvalue weighted by Crippen LogP contribution is 2.16. The van der Waals surface area contributed by atoms with Crippen molar-refractivity contribution in [2.45, 2.75) is 13.5 Å². The van der Waals surface area contributed by atoms with E-state index in [0.717, 1.165) is 18.7 Å². The van der Waals surface area contributed by atoms with Crippen LogP contribution in [-0.2, 0) is 11.3 Å². The predicted molar refractivity (Wildman–Crippen MR) is 78.1 cm³/mol. The molecule has 1 aliphatic heterocycles. The molecule has 0 saturated carbocycles. The minimum absolute atomic E-state index is 0.112. The second-order valence-corrected chi connectivity index (χ2v) is 5.52. The molecule has 0 bridgehead atoms. The zero-order valence-corrected chi connectivity index (χ0v) is 11.9. The van der Waals surface area contributed by atoms with Gasteiger partial charge >= 0.3 is 0 Å². The van der Waals surface area contributed by atoms with Crippen molar-refractivity contribution in [3.05, 3.63) is 29.8 Å². The molecule has 0 aliphatic carbocycles. The maximum absolute atomic E-state index is 12.0. The van der Waals surface area contributed by atoms with E-state index in [9.17, 15) is 4.79 Å². The minimum Gasteiger partial charge on any atom is -0.378 e. The first kappa shape index (κ1) is 13.9. The van der Waals surface area contributed by atoms with E-state index in [1.165, 1.54) is 5.69 Å². The Morgan fingerprint density at radius 2 is 2.00 bits per heavy atom. The first-order valence-corrected chi connectivity index (χ1v) is 6.82. The van der Waals surface area contributed by atoms with E-state index in [0.29, 0.717) is 12.5 Å². The van der Waals surface area contributed by atoms with Crippen molar-refractivity contribution in [2.75, 3.05) is 32.1 Å². The fourth-order valence-electron chi connectivity index (χ4n) is 2.39. The Morgan fingerprint density at radius 1 is 1.32 bits per heavy atom. The standard InChI is InChI=1S/C15H23N3O/c1-11-8-16-10-14(11)15(19)17-9-12-4-6-13(7-5-12)18(2)3/h4-7,11,14,16H,8-10H2,1-3H3,(H,17,19)/t11-,14-/m1/s1. The van der Waals surface area contributed by atoms with Gasteiger partial charge in [-0.3, -0.25) is 4.79 Å². The van der Waals surface area contributed by atoms with Crippen molar-refractivity contribution >= 4 is 11.6 Å². The minimum atomic E-state index is 0.112. The van der Waals surface area contributed by atoms with E-state index in [1.807, 2.05) is 14.1 Å². The van der Waals surface area contributed by atoms with Crippen LogP contribution in [0.3, 0.4) is 0 Å². The lowest BCUT2D eigenvalue weighted by Crippen LogP contribution is -2.33. The molecule has 2 N–H and O–H groups in total. The summed E-state index contributed by atoms with van der Waals surface area (Å²) in [6, 6.07) is 8.26. The number of carbonyl (C=O) groups is 1. The molecule has 2 atom stereocenters. The van der Waals surface area contributed by atoms with Gasteiger partial charge in [-0.1, -0.05) is 19.1 Å². The Hall–Kier alpha value is -1.55.